The Morgan fingerprint density at radius 3 is 2.86 bits per heavy atom. The molecule has 2 aromatic heterocycles. The largest absolute Gasteiger partial charge is 0.342 e. The highest BCUT2D eigenvalue weighted by Gasteiger charge is 2.11. The van der Waals surface area contributed by atoms with Crippen LogP contribution in [-0.2, 0) is 11.2 Å². The fraction of sp³-hybridized carbons (Fsp3) is 0.429. The van der Waals surface area contributed by atoms with Crippen LogP contribution in [0.3, 0.4) is 0 Å². The standard InChI is InChI=1S/C14H18N4O2S2/c1-2-3-4-7-12-17-18-14(22-12)16-11(19)9-15-13(20)10-6-5-8-21-10/h5-6,8H,2-4,7,9H2,1H3,(H,15,20)(H,16,18,19). The number of anilines is 1. The molecular weight excluding hydrogens is 320 g/mol. The number of aromatic nitrogens is 2. The molecule has 0 saturated heterocycles. The van der Waals surface area contributed by atoms with Crippen LogP contribution in [0.4, 0.5) is 5.13 Å². The van der Waals surface area contributed by atoms with E-state index in [0.29, 0.717) is 10.0 Å². The van der Waals surface area contributed by atoms with E-state index in [-0.39, 0.29) is 18.4 Å². The Kier molecular flexibility index (Phi) is 6.47. The molecule has 6 nitrogen and oxygen atoms in total. The lowest BCUT2D eigenvalue weighted by Crippen LogP contribution is -2.32. The molecule has 2 aromatic rings. The molecule has 0 aliphatic rings. The van der Waals surface area contributed by atoms with Crippen LogP contribution in [0.2, 0.25) is 0 Å². The summed E-state index contributed by atoms with van der Waals surface area (Å²) in [6, 6.07) is 3.51. The highest BCUT2D eigenvalue weighted by atomic mass is 32.1. The van der Waals surface area contributed by atoms with Crippen molar-refractivity contribution in [2.24, 2.45) is 0 Å². The van der Waals surface area contributed by atoms with Gasteiger partial charge in [-0.15, -0.1) is 21.5 Å². The number of aryl methyl sites for hydroxylation is 1. The van der Waals surface area contributed by atoms with Gasteiger partial charge in [0.15, 0.2) is 0 Å². The Hall–Kier alpha value is -1.80. The van der Waals surface area contributed by atoms with Crippen molar-refractivity contribution in [1.82, 2.24) is 15.5 Å². The molecule has 8 heteroatoms. The summed E-state index contributed by atoms with van der Waals surface area (Å²) in [6.07, 6.45) is 4.29. The van der Waals surface area contributed by atoms with E-state index in [1.807, 2.05) is 5.38 Å². The number of unbranched alkanes of at least 4 members (excludes halogenated alkanes) is 2. The normalized spacial score (nSPS) is 10.4. The van der Waals surface area contributed by atoms with Gasteiger partial charge in [-0.3, -0.25) is 14.9 Å². The number of carbonyl (C=O) groups excluding carboxylic acids is 2. The Morgan fingerprint density at radius 1 is 1.27 bits per heavy atom. The second-order valence-corrected chi connectivity index (χ2v) is 6.68. The zero-order valence-corrected chi connectivity index (χ0v) is 13.9. The maximum Gasteiger partial charge on any atom is 0.261 e. The molecule has 0 fully saturated rings. The van der Waals surface area contributed by atoms with E-state index in [1.165, 1.54) is 22.7 Å². The molecule has 0 aromatic carbocycles. The van der Waals surface area contributed by atoms with Crippen LogP contribution in [0, 0.1) is 0 Å². The molecule has 2 N–H and O–H groups in total. The average Bonchev–Trinajstić information content (AvgIpc) is 3.17. The van der Waals surface area contributed by atoms with Crippen LogP contribution < -0.4 is 10.6 Å². The molecule has 0 bridgehead atoms. The first-order valence-corrected chi connectivity index (χ1v) is 8.82. The predicted molar refractivity (Wildman–Crippen MR) is 88.4 cm³/mol. The molecule has 0 radical (unpaired) electrons. The molecule has 0 atom stereocenters. The van der Waals surface area contributed by atoms with Gasteiger partial charge in [0, 0.05) is 6.42 Å². The van der Waals surface area contributed by atoms with Gasteiger partial charge in [0.25, 0.3) is 5.91 Å². The number of hydrogen-bond acceptors (Lipinski definition) is 6. The van der Waals surface area contributed by atoms with E-state index in [1.54, 1.807) is 12.1 Å². The molecule has 22 heavy (non-hydrogen) atoms. The number of carbonyl (C=O) groups is 2. The minimum absolute atomic E-state index is 0.0819. The molecule has 118 valence electrons. The maximum absolute atomic E-state index is 11.8. The third-order valence-corrected chi connectivity index (χ3v) is 4.63. The van der Waals surface area contributed by atoms with Crippen molar-refractivity contribution in [3.63, 3.8) is 0 Å². The van der Waals surface area contributed by atoms with Gasteiger partial charge in [-0.05, 0) is 17.9 Å². The summed E-state index contributed by atoms with van der Waals surface area (Å²) in [5, 5.41) is 16.4. The van der Waals surface area contributed by atoms with Crippen LogP contribution in [0.5, 0.6) is 0 Å². The van der Waals surface area contributed by atoms with Crippen molar-refractivity contribution in [2.75, 3.05) is 11.9 Å². The van der Waals surface area contributed by atoms with Crippen molar-refractivity contribution in [3.05, 3.63) is 27.4 Å². The van der Waals surface area contributed by atoms with E-state index >= 15 is 0 Å². The van der Waals surface area contributed by atoms with Crippen LogP contribution in [0.15, 0.2) is 17.5 Å². The van der Waals surface area contributed by atoms with Crippen LogP contribution in [-0.4, -0.2) is 28.6 Å². The van der Waals surface area contributed by atoms with Gasteiger partial charge in [-0.2, -0.15) is 0 Å². The minimum atomic E-state index is -0.304. The molecule has 0 spiro atoms. The minimum Gasteiger partial charge on any atom is -0.342 e. The molecule has 2 amide bonds. The third kappa shape index (κ3) is 5.19. The fourth-order valence-corrected chi connectivity index (χ4v) is 3.19. The Labute approximate surface area is 137 Å². The summed E-state index contributed by atoms with van der Waals surface area (Å²) in [7, 11) is 0. The summed E-state index contributed by atoms with van der Waals surface area (Å²) in [6.45, 7) is 2.07. The first kappa shape index (κ1) is 16.6. The first-order valence-electron chi connectivity index (χ1n) is 7.13. The summed E-state index contributed by atoms with van der Waals surface area (Å²) >= 11 is 2.71. The van der Waals surface area contributed by atoms with Gasteiger partial charge in [0.2, 0.25) is 11.0 Å². The van der Waals surface area contributed by atoms with E-state index in [0.717, 1.165) is 30.7 Å². The number of rotatable bonds is 8. The average molecular weight is 338 g/mol. The van der Waals surface area contributed by atoms with Gasteiger partial charge in [0.1, 0.15) is 5.01 Å². The lowest BCUT2D eigenvalue weighted by molar-refractivity contribution is -0.115. The summed E-state index contributed by atoms with van der Waals surface area (Å²) in [5.74, 6) is -0.552. The summed E-state index contributed by atoms with van der Waals surface area (Å²) < 4.78 is 0. The predicted octanol–water partition coefficient (Wildman–Crippen LogP) is 2.70. The summed E-state index contributed by atoms with van der Waals surface area (Å²) in [5.41, 5.74) is 0. The number of nitrogens with zero attached hydrogens (tertiary/aromatic N) is 2. The van der Waals surface area contributed by atoms with Crippen molar-refractivity contribution in [2.45, 2.75) is 32.6 Å². The van der Waals surface area contributed by atoms with E-state index < -0.39 is 0 Å². The molecule has 0 unspecified atom stereocenters. The SMILES string of the molecule is CCCCCc1nnc(NC(=O)CNC(=O)c2cccs2)s1. The molecular formula is C14H18N4O2S2. The van der Waals surface area contributed by atoms with Gasteiger partial charge in [0.05, 0.1) is 11.4 Å². The molecule has 0 aliphatic heterocycles. The fourth-order valence-electron chi connectivity index (χ4n) is 1.75. The number of thiophene rings is 1. The van der Waals surface area contributed by atoms with Gasteiger partial charge in [-0.1, -0.05) is 37.2 Å². The topological polar surface area (TPSA) is 84.0 Å². The Balaban J connectivity index is 1.74. The zero-order valence-electron chi connectivity index (χ0n) is 12.3. The lowest BCUT2D eigenvalue weighted by atomic mass is 10.2. The molecule has 0 saturated carbocycles. The van der Waals surface area contributed by atoms with Crippen molar-refractivity contribution >= 4 is 39.6 Å². The molecule has 2 rings (SSSR count). The summed E-state index contributed by atoms with van der Waals surface area (Å²) in [4.78, 5) is 24.1. The van der Waals surface area contributed by atoms with Crippen molar-refractivity contribution < 1.29 is 9.59 Å². The van der Waals surface area contributed by atoms with Gasteiger partial charge in [-0.25, -0.2) is 0 Å². The van der Waals surface area contributed by atoms with Crippen LogP contribution in [0.25, 0.3) is 0 Å². The maximum atomic E-state index is 11.8. The lowest BCUT2D eigenvalue weighted by Gasteiger charge is -2.02. The van der Waals surface area contributed by atoms with Crippen molar-refractivity contribution in [1.29, 1.82) is 0 Å². The molecule has 0 aliphatic carbocycles. The number of hydrogen-bond donors (Lipinski definition) is 2. The monoisotopic (exact) mass is 338 g/mol. The highest BCUT2D eigenvalue weighted by Crippen LogP contribution is 2.17. The van der Waals surface area contributed by atoms with Crippen LogP contribution in [0.1, 0.15) is 40.9 Å². The zero-order chi connectivity index (χ0) is 15.8. The number of nitrogens with one attached hydrogen (secondary N) is 2. The smallest absolute Gasteiger partial charge is 0.261 e. The second-order valence-electron chi connectivity index (χ2n) is 4.67. The van der Waals surface area contributed by atoms with Gasteiger partial charge < -0.3 is 5.32 Å². The highest BCUT2D eigenvalue weighted by molar-refractivity contribution is 7.15. The second kappa shape index (κ2) is 8.60. The Morgan fingerprint density at radius 2 is 2.14 bits per heavy atom. The Bertz CT molecular complexity index is 610. The van der Waals surface area contributed by atoms with Crippen LogP contribution >= 0.6 is 22.7 Å². The van der Waals surface area contributed by atoms with E-state index in [9.17, 15) is 9.59 Å². The number of amides is 2. The van der Waals surface area contributed by atoms with Gasteiger partial charge >= 0.3 is 0 Å². The van der Waals surface area contributed by atoms with E-state index in [4.69, 9.17) is 0 Å². The molecule has 2 heterocycles. The quantitative estimate of drug-likeness (QED) is 0.725. The third-order valence-electron chi connectivity index (χ3n) is 2.86. The van der Waals surface area contributed by atoms with E-state index in [2.05, 4.69) is 27.8 Å². The van der Waals surface area contributed by atoms with Crippen molar-refractivity contribution in [3.8, 4) is 0 Å². The first-order chi connectivity index (χ1) is 10.7.